The van der Waals surface area contributed by atoms with Crippen LogP contribution in [0.3, 0.4) is 0 Å². The molecule has 158 valence electrons. The number of ether oxygens (including phenoxy) is 2. The molecule has 0 aromatic heterocycles. The summed E-state index contributed by atoms with van der Waals surface area (Å²) in [6.45, 7) is 2.31. The number of carbonyl (C=O) groups is 1. The van der Waals surface area contributed by atoms with Gasteiger partial charge in [0.15, 0.2) is 5.76 Å². The predicted molar refractivity (Wildman–Crippen MR) is 120 cm³/mol. The van der Waals surface area contributed by atoms with E-state index < -0.39 is 11.9 Å². The second-order valence-corrected chi connectivity index (χ2v) is 7.55. The molecule has 4 rings (SSSR count). The Hall–Kier alpha value is -3.73. The number of carbonyl (C=O) groups excluding carboxylic acids is 1. The fraction of sp³-hybridized carbons (Fsp3) is 0.192. The van der Waals surface area contributed by atoms with Gasteiger partial charge in [-0.15, -0.1) is 0 Å². The lowest BCUT2D eigenvalue weighted by molar-refractivity contribution is -0.130. The third-order valence-corrected chi connectivity index (χ3v) is 5.62. The summed E-state index contributed by atoms with van der Waals surface area (Å²) in [6, 6.07) is 22.7. The van der Waals surface area contributed by atoms with Crippen LogP contribution in [0, 0.1) is 6.92 Å². The fourth-order valence-electron chi connectivity index (χ4n) is 3.99. The second kappa shape index (κ2) is 8.56. The summed E-state index contributed by atoms with van der Waals surface area (Å²) in [5, 5.41) is 10.9. The van der Waals surface area contributed by atoms with Gasteiger partial charge in [0.05, 0.1) is 26.8 Å². The molecule has 3 aromatic carbocycles. The van der Waals surface area contributed by atoms with Crippen LogP contribution in [0.1, 0.15) is 28.3 Å². The summed E-state index contributed by atoms with van der Waals surface area (Å²) >= 11 is 0. The first-order valence-corrected chi connectivity index (χ1v) is 10.1. The Morgan fingerprint density at radius 2 is 1.65 bits per heavy atom. The van der Waals surface area contributed by atoms with Crippen molar-refractivity contribution in [3.8, 4) is 11.5 Å². The van der Waals surface area contributed by atoms with E-state index >= 15 is 0 Å². The highest BCUT2D eigenvalue weighted by atomic mass is 16.5. The molecule has 5 nitrogen and oxygen atoms in total. The van der Waals surface area contributed by atoms with Gasteiger partial charge >= 0.3 is 0 Å². The van der Waals surface area contributed by atoms with E-state index in [2.05, 4.69) is 0 Å². The number of amides is 1. The van der Waals surface area contributed by atoms with E-state index in [1.54, 1.807) is 25.2 Å². The zero-order valence-corrected chi connectivity index (χ0v) is 17.8. The summed E-state index contributed by atoms with van der Waals surface area (Å²) < 4.78 is 10.8. The van der Waals surface area contributed by atoms with E-state index in [1.807, 2.05) is 73.7 Å². The van der Waals surface area contributed by atoms with Gasteiger partial charge in [-0.25, -0.2) is 0 Å². The third kappa shape index (κ3) is 3.87. The molecule has 0 saturated carbocycles. The van der Waals surface area contributed by atoms with Gasteiger partial charge in [-0.3, -0.25) is 4.79 Å². The Morgan fingerprint density at radius 1 is 0.935 bits per heavy atom. The molecule has 0 radical (unpaired) electrons. The van der Waals surface area contributed by atoms with E-state index in [0.717, 1.165) is 22.3 Å². The van der Waals surface area contributed by atoms with Crippen molar-refractivity contribution in [2.45, 2.75) is 19.5 Å². The van der Waals surface area contributed by atoms with Crippen molar-refractivity contribution in [3.63, 3.8) is 0 Å². The lowest BCUT2D eigenvalue weighted by atomic mass is 9.93. The van der Waals surface area contributed by atoms with Crippen LogP contribution in [-0.4, -0.2) is 30.1 Å². The summed E-state index contributed by atoms with van der Waals surface area (Å²) in [5.41, 5.74) is 4.33. The Bertz CT molecular complexity index is 1120. The van der Waals surface area contributed by atoms with Gasteiger partial charge in [0, 0.05) is 17.2 Å². The minimum Gasteiger partial charge on any atom is -0.503 e. The molecule has 0 spiro atoms. The van der Waals surface area contributed by atoms with Gasteiger partial charge in [-0.05, 0) is 30.2 Å². The van der Waals surface area contributed by atoms with Crippen LogP contribution in [0.5, 0.6) is 11.5 Å². The van der Waals surface area contributed by atoms with Crippen LogP contribution < -0.4 is 9.47 Å². The molecule has 1 aliphatic heterocycles. The standard InChI is InChI=1S/C26H25NO4/c1-17-9-11-19(12-10-17)24-23(18-7-5-4-6-8-18)25(28)26(29)27(24)16-20-13-14-21(30-2)15-22(20)31-3/h4-15,24,28H,16H2,1-3H3/t24-/m0/s1. The average molecular weight is 415 g/mol. The Kier molecular flexibility index (Phi) is 5.67. The number of aryl methyl sites for hydroxylation is 1. The van der Waals surface area contributed by atoms with Gasteiger partial charge in [0.1, 0.15) is 11.5 Å². The van der Waals surface area contributed by atoms with E-state index in [-0.39, 0.29) is 12.3 Å². The molecule has 1 amide bonds. The number of methoxy groups -OCH3 is 2. The minimum absolute atomic E-state index is 0.218. The van der Waals surface area contributed by atoms with Crippen molar-refractivity contribution < 1.29 is 19.4 Å². The number of aliphatic hydroxyl groups is 1. The summed E-state index contributed by atoms with van der Waals surface area (Å²) in [7, 11) is 3.19. The molecule has 0 fully saturated rings. The lowest BCUT2D eigenvalue weighted by Gasteiger charge is -2.28. The predicted octanol–water partition coefficient (Wildman–Crippen LogP) is 5.07. The zero-order valence-electron chi connectivity index (χ0n) is 17.8. The molecule has 0 unspecified atom stereocenters. The Morgan fingerprint density at radius 3 is 2.29 bits per heavy atom. The molecule has 0 bridgehead atoms. The molecule has 5 heteroatoms. The largest absolute Gasteiger partial charge is 0.503 e. The first kappa shape index (κ1) is 20.5. The maximum atomic E-state index is 13.2. The van der Waals surface area contributed by atoms with Crippen LogP contribution in [0.4, 0.5) is 0 Å². The minimum atomic E-state index is -0.415. The highest BCUT2D eigenvalue weighted by molar-refractivity contribution is 6.05. The zero-order chi connectivity index (χ0) is 22.0. The normalized spacial score (nSPS) is 16.0. The molecular formula is C26H25NO4. The smallest absolute Gasteiger partial charge is 0.290 e. The number of benzene rings is 3. The first-order valence-electron chi connectivity index (χ1n) is 10.1. The van der Waals surface area contributed by atoms with Gasteiger partial charge in [-0.2, -0.15) is 0 Å². The van der Waals surface area contributed by atoms with Crippen molar-refractivity contribution >= 4 is 11.5 Å². The molecular weight excluding hydrogens is 390 g/mol. The molecule has 3 aromatic rings. The molecule has 1 N–H and O–H groups in total. The Labute approximate surface area is 182 Å². The molecule has 31 heavy (non-hydrogen) atoms. The van der Waals surface area contributed by atoms with Crippen molar-refractivity contribution in [1.29, 1.82) is 0 Å². The molecule has 1 heterocycles. The van der Waals surface area contributed by atoms with E-state index in [0.29, 0.717) is 17.1 Å². The fourth-order valence-corrected chi connectivity index (χ4v) is 3.99. The van der Waals surface area contributed by atoms with Crippen molar-refractivity contribution in [2.24, 2.45) is 0 Å². The van der Waals surface area contributed by atoms with Crippen LogP contribution in [-0.2, 0) is 11.3 Å². The highest BCUT2D eigenvalue weighted by Crippen LogP contribution is 2.44. The molecule has 0 saturated heterocycles. The van der Waals surface area contributed by atoms with Gasteiger partial charge in [0.2, 0.25) is 0 Å². The summed E-state index contributed by atoms with van der Waals surface area (Å²) in [5.74, 6) is 0.684. The third-order valence-electron chi connectivity index (χ3n) is 5.62. The maximum absolute atomic E-state index is 13.2. The van der Waals surface area contributed by atoms with Crippen LogP contribution >= 0.6 is 0 Å². The summed E-state index contributed by atoms with van der Waals surface area (Å²) in [4.78, 5) is 14.9. The number of rotatable bonds is 6. The first-order chi connectivity index (χ1) is 15.0. The van der Waals surface area contributed by atoms with Gasteiger partial charge in [-0.1, -0.05) is 60.2 Å². The monoisotopic (exact) mass is 415 g/mol. The highest BCUT2D eigenvalue weighted by Gasteiger charge is 2.41. The van der Waals surface area contributed by atoms with E-state index in [1.165, 1.54) is 0 Å². The van der Waals surface area contributed by atoms with Crippen LogP contribution in [0.15, 0.2) is 78.6 Å². The topological polar surface area (TPSA) is 59.0 Å². The second-order valence-electron chi connectivity index (χ2n) is 7.55. The number of aliphatic hydroxyl groups excluding tert-OH is 1. The number of hydrogen-bond donors (Lipinski definition) is 1. The number of nitrogens with zero attached hydrogens (tertiary/aromatic N) is 1. The molecule has 1 aliphatic rings. The quantitative estimate of drug-likeness (QED) is 0.611. The maximum Gasteiger partial charge on any atom is 0.290 e. The van der Waals surface area contributed by atoms with Crippen molar-refractivity contribution in [3.05, 3.63) is 101 Å². The number of hydrogen-bond acceptors (Lipinski definition) is 4. The van der Waals surface area contributed by atoms with Gasteiger partial charge in [0.25, 0.3) is 5.91 Å². The lowest BCUT2D eigenvalue weighted by Crippen LogP contribution is -2.30. The SMILES string of the molecule is COc1ccc(CN2C(=O)C(O)=C(c3ccccc3)[C@@H]2c2ccc(C)cc2)c(OC)c1. The van der Waals surface area contributed by atoms with Crippen molar-refractivity contribution in [2.75, 3.05) is 14.2 Å². The van der Waals surface area contributed by atoms with E-state index in [9.17, 15) is 9.90 Å². The van der Waals surface area contributed by atoms with E-state index in [4.69, 9.17) is 9.47 Å². The van der Waals surface area contributed by atoms with Gasteiger partial charge < -0.3 is 19.5 Å². The van der Waals surface area contributed by atoms with Crippen LogP contribution in [0.25, 0.3) is 5.57 Å². The van der Waals surface area contributed by atoms with Crippen LogP contribution in [0.2, 0.25) is 0 Å². The van der Waals surface area contributed by atoms with Crippen molar-refractivity contribution in [1.82, 2.24) is 4.90 Å². The average Bonchev–Trinajstić information content (AvgIpc) is 3.05. The molecule has 0 aliphatic carbocycles. The molecule has 1 atom stereocenters. The Balaban J connectivity index is 1.80. The summed E-state index contributed by atoms with van der Waals surface area (Å²) in [6.07, 6.45) is 0.